The van der Waals surface area contributed by atoms with Gasteiger partial charge in [0, 0.05) is 5.75 Å². The second-order valence-corrected chi connectivity index (χ2v) is 7.40. The van der Waals surface area contributed by atoms with Crippen LogP contribution in [0.3, 0.4) is 0 Å². The Morgan fingerprint density at radius 2 is 1.61 bits per heavy atom. The van der Waals surface area contributed by atoms with Gasteiger partial charge in [0.25, 0.3) is 0 Å². The van der Waals surface area contributed by atoms with E-state index in [1.807, 2.05) is 44.2 Å². The van der Waals surface area contributed by atoms with Gasteiger partial charge in [-0.15, -0.1) is 0 Å². The molecule has 1 aromatic carbocycles. The van der Waals surface area contributed by atoms with Crippen molar-refractivity contribution in [2.75, 3.05) is 12.8 Å². The monoisotopic (exact) mass is 409 g/mol. The number of hydrogen-bond acceptors (Lipinski definition) is 6. The second kappa shape index (κ2) is 12.4. The summed E-state index contributed by atoms with van der Waals surface area (Å²) < 4.78 is 5.24. The maximum Gasteiger partial charge on any atom is 0.328 e. The van der Waals surface area contributed by atoms with E-state index in [0.717, 1.165) is 5.56 Å². The predicted octanol–water partition coefficient (Wildman–Crippen LogP) is 1.28. The number of benzene rings is 1. The van der Waals surface area contributed by atoms with Gasteiger partial charge in [-0.1, -0.05) is 44.2 Å². The Morgan fingerprint density at radius 1 is 1.00 bits per heavy atom. The van der Waals surface area contributed by atoms with Gasteiger partial charge in [0.2, 0.25) is 11.8 Å². The molecule has 8 heteroatoms. The molecule has 0 aromatic heterocycles. The van der Waals surface area contributed by atoms with Gasteiger partial charge in [-0.2, -0.15) is 12.6 Å². The number of thiol groups is 1. The molecule has 0 aliphatic rings. The number of nitrogens with one attached hydrogen (secondary N) is 3. The Kier molecular flexibility index (Phi) is 10.6. The summed E-state index contributed by atoms with van der Waals surface area (Å²) in [6, 6.07) is 7.23. The summed E-state index contributed by atoms with van der Waals surface area (Å²) in [6.07, 6.45) is 0.451. The van der Waals surface area contributed by atoms with E-state index >= 15 is 0 Å². The molecule has 0 aliphatic carbocycles. The Balaban J connectivity index is 2.64. The van der Waals surface area contributed by atoms with Crippen LogP contribution in [0.5, 0.6) is 0 Å². The van der Waals surface area contributed by atoms with Crippen molar-refractivity contribution in [1.82, 2.24) is 16.0 Å². The van der Waals surface area contributed by atoms with Crippen LogP contribution in [-0.4, -0.2) is 48.7 Å². The lowest BCUT2D eigenvalue weighted by atomic mass is 10.0. The highest BCUT2D eigenvalue weighted by molar-refractivity contribution is 7.80. The Labute approximate surface area is 172 Å². The van der Waals surface area contributed by atoms with Crippen molar-refractivity contribution >= 4 is 30.4 Å². The molecule has 3 N–H and O–H groups in total. The molecule has 2 amide bonds. The van der Waals surface area contributed by atoms with Crippen LogP contribution in [0.25, 0.3) is 0 Å². The van der Waals surface area contributed by atoms with Crippen LogP contribution in [0, 0.1) is 5.92 Å². The first-order chi connectivity index (χ1) is 13.3. The molecule has 3 atom stereocenters. The third-order valence-electron chi connectivity index (χ3n) is 4.12. The van der Waals surface area contributed by atoms with Crippen LogP contribution in [0.15, 0.2) is 30.3 Å². The lowest BCUT2D eigenvalue weighted by Crippen LogP contribution is -2.55. The highest BCUT2D eigenvalue weighted by Gasteiger charge is 2.27. The van der Waals surface area contributed by atoms with E-state index in [4.69, 9.17) is 4.74 Å². The zero-order valence-electron chi connectivity index (χ0n) is 16.9. The average molecular weight is 410 g/mol. The normalized spacial score (nSPS) is 14.1. The maximum absolute atomic E-state index is 12.6. The van der Waals surface area contributed by atoms with E-state index in [0.29, 0.717) is 12.2 Å². The molecule has 0 saturated carbocycles. The van der Waals surface area contributed by atoms with Gasteiger partial charge in [0.1, 0.15) is 18.7 Å². The van der Waals surface area contributed by atoms with Crippen molar-refractivity contribution in [3.8, 4) is 0 Å². The Hall–Kier alpha value is -2.06. The minimum absolute atomic E-state index is 0.137. The molecular weight excluding hydrogens is 378 g/mol. The highest BCUT2D eigenvalue weighted by atomic mass is 32.1. The molecule has 0 aliphatic heterocycles. The molecule has 0 fully saturated rings. The second-order valence-electron chi connectivity index (χ2n) is 7.04. The zero-order valence-corrected chi connectivity index (χ0v) is 17.8. The Morgan fingerprint density at radius 3 is 2.14 bits per heavy atom. The fourth-order valence-electron chi connectivity index (χ4n) is 2.51. The number of esters is 1. The highest BCUT2D eigenvalue weighted by Crippen LogP contribution is 2.07. The first-order valence-electron chi connectivity index (χ1n) is 9.37. The van der Waals surface area contributed by atoms with E-state index < -0.39 is 30.0 Å². The third kappa shape index (κ3) is 8.31. The number of ether oxygens (including phenoxy) is 1. The number of likely N-dealkylation sites (N-methyl/N-ethyl adjacent to an activating group) is 1. The zero-order chi connectivity index (χ0) is 21.1. The molecular formula is C20H31N3O4S. The largest absolute Gasteiger partial charge is 0.459 e. The molecule has 0 unspecified atom stereocenters. The molecule has 1 aromatic rings. The molecule has 0 radical (unpaired) electrons. The maximum atomic E-state index is 12.6. The standard InChI is InChI=1S/C20H31N3O4S/c1-13(2)10-16(23-19(25)17(12-28)21-4)18(24)22-14(3)20(26)27-11-15-8-6-5-7-9-15/h5-9,13-14,16-17,21,28H,10-12H2,1-4H3,(H,22,24)(H,23,25)/t14-,16-,17-/m0/s1. The number of amides is 2. The van der Waals surface area contributed by atoms with Gasteiger partial charge in [0.05, 0.1) is 6.04 Å². The van der Waals surface area contributed by atoms with Crippen LogP contribution >= 0.6 is 12.6 Å². The lowest BCUT2D eigenvalue weighted by Gasteiger charge is -2.24. The van der Waals surface area contributed by atoms with Crippen LogP contribution in [-0.2, 0) is 25.7 Å². The van der Waals surface area contributed by atoms with E-state index in [1.54, 1.807) is 14.0 Å². The summed E-state index contributed by atoms with van der Waals surface area (Å²) in [7, 11) is 1.66. The Bertz CT molecular complexity index is 636. The summed E-state index contributed by atoms with van der Waals surface area (Å²) >= 11 is 4.13. The fraction of sp³-hybridized carbons (Fsp3) is 0.550. The van der Waals surface area contributed by atoms with Crippen molar-refractivity contribution in [3.05, 3.63) is 35.9 Å². The summed E-state index contributed by atoms with van der Waals surface area (Å²) in [5.74, 6) is -0.769. The number of carbonyl (C=O) groups excluding carboxylic acids is 3. The van der Waals surface area contributed by atoms with E-state index in [1.165, 1.54) is 0 Å². The molecule has 0 heterocycles. The van der Waals surface area contributed by atoms with Crippen LogP contribution < -0.4 is 16.0 Å². The molecule has 0 bridgehead atoms. The summed E-state index contributed by atoms with van der Waals surface area (Å²) in [4.78, 5) is 37.1. The summed E-state index contributed by atoms with van der Waals surface area (Å²) in [6.45, 7) is 5.61. The van der Waals surface area contributed by atoms with Gasteiger partial charge in [0.15, 0.2) is 0 Å². The van der Waals surface area contributed by atoms with Gasteiger partial charge >= 0.3 is 5.97 Å². The van der Waals surface area contributed by atoms with E-state index in [9.17, 15) is 14.4 Å². The van der Waals surface area contributed by atoms with Gasteiger partial charge in [-0.3, -0.25) is 9.59 Å². The van der Waals surface area contributed by atoms with Crippen LogP contribution in [0.1, 0.15) is 32.8 Å². The third-order valence-corrected chi connectivity index (χ3v) is 4.49. The number of carbonyl (C=O) groups is 3. The van der Waals surface area contributed by atoms with Gasteiger partial charge in [-0.05, 0) is 31.9 Å². The molecule has 0 saturated heterocycles. The molecule has 7 nitrogen and oxygen atoms in total. The molecule has 156 valence electrons. The van der Waals surface area contributed by atoms with Crippen molar-refractivity contribution in [1.29, 1.82) is 0 Å². The predicted molar refractivity (Wildman–Crippen MR) is 112 cm³/mol. The van der Waals surface area contributed by atoms with Crippen molar-refractivity contribution in [2.45, 2.75) is 51.9 Å². The molecule has 0 spiro atoms. The lowest BCUT2D eigenvalue weighted by molar-refractivity contribution is -0.148. The summed E-state index contributed by atoms with van der Waals surface area (Å²) in [5, 5.41) is 8.22. The van der Waals surface area contributed by atoms with E-state index in [-0.39, 0.29) is 18.4 Å². The summed E-state index contributed by atoms with van der Waals surface area (Å²) in [5.41, 5.74) is 0.865. The van der Waals surface area contributed by atoms with Crippen LogP contribution in [0.4, 0.5) is 0 Å². The smallest absolute Gasteiger partial charge is 0.328 e. The van der Waals surface area contributed by atoms with Crippen molar-refractivity contribution in [2.24, 2.45) is 5.92 Å². The molecule has 1 rings (SSSR count). The van der Waals surface area contributed by atoms with Crippen molar-refractivity contribution < 1.29 is 19.1 Å². The fourth-order valence-corrected chi connectivity index (χ4v) is 2.86. The van der Waals surface area contributed by atoms with Gasteiger partial charge in [-0.25, -0.2) is 4.79 Å². The minimum atomic E-state index is -0.826. The number of rotatable bonds is 11. The van der Waals surface area contributed by atoms with Crippen LogP contribution in [0.2, 0.25) is 0 Å². The first-order valence-corrected chi connectivity index (χ1v) is 10.0. The van der Waals surface area contributed by atoms with E-state index in [2.05, 4.69) is 28.6 Å². The van der Waals surface area contributed by atoms with Gasteiger partial charge < -0.3 is 20.7 Å². The number of hydrogen-bond donors (Lipinski definition) is 4. The minimum Gasteiger partial charge on any atom is -0.459 e. The topological polar surface area (TPSA) is 96.5 Å². The molecule has 28 heavy (non-hydrogen) atoms. The average Bonchev–Trinajstić information content (AvgIpc) is 2.66. The first kappa shape index (κ1) is 24.0. The quantitative estimate of drug-likeness (QED) is 0.326. The van der Waals surface area contributed by atoms with Crippen molar-refractivity contribution in [3.63, 3.8) is 0 Å². The SMILES string of the molecule is CN[C@@H](CS)C(=O)N[C@@H](CC(C)C)C(=O)N[C@@H](C)C(=O)OCc1ccccc1.